The molecular weight excluding hydrogens is 258 g/mol. The Labute approximate surface area is 120 Å². The highest BCUT2D eigenvalue weighted by molar-refractivity contribution is 5.80. The van der Waals surface area contributed by atoms with E-state index in [4.69, 9.17) is 5.26 Å². The topological polar surface area (TPSA) is 84.6 Å². The van der Waals surface area contributed by atoms with E-state index in [1.54, 1.807) is 9.80 Å². The van der Waals surface area contributed by atoms with Gasteiger partial charge in [-0.3, -0.25) is 4.79 Å². The lowest BCUT2D eigenvalue weighted by molar-refractivity contribution is -0.150. The highest BCUT2D eigenvalue weighted by Crippen LogP contribution is 2.38. The number of hydrogen-bond acceptors (Lipinski definition) is 3. The Morgan fingerprint density at radius 1 is 1.50 bits per heavy atom. The molecule has 0 aromatic carbocycles. The molecule has 1 atom stereocenters. The van der Waals surface area contributed by atoms with Gasteiger partial charge in [0, 0.05) is 26.2 Å². The molecule has 0 radical (unpaired) electrons. The minimum absolute atomic E-state index is 0.0213. The zero-order valence-corrected chi connectivity index (χ0v) is 12.4. The minimum atomic E-state index is -0.843. The van der Waals surface area contributed by atoms with Crippen LogP contribution in [0.5, 0.6) is 0 Å². The van der Waals surface area contributed by atoms with Crippen LogP contribution >= 0.6 is 0 Å². The number of carbonyl (C=O) groups is 2. The fraction of sp³-hybridized carbons (Fsp3) is 0.786. The quantitative estimate of drug-likeness (QED) is 0.832. The average molecular weight is 281 g/mol. The third-order valence-corrected chi connectivity index (χ3v) is 4.25. The van der Waals surface area contributed by atoms with Gasteiger partial charge in [0.15, 0.2) is 0 Å². The second-order valence-corrected chi connectivity index (χ2v) is 5.56. The first-order valence-corrected chi connectivity index (χ1v) is 7.03. The van der Waals surface area contributed by atoms with Crippen LogP contribution in [-0.4, -0.2) is 53.1 Å². The van der Waals surface area contributed by atoms with Crippen molar-refractivity contribution in [2.75, 3.05) is 26.2 Å². The molecule has 1 saturated heterocycles. The van der Waals surface area contributed by atoms with Crippen molar-refractivity contribution in [2.24, 2.45) is 11.3 Å². The number of rotatable bonds is 5. The highest BCUT2D eigenvalue weighted by atomic mass is 16.4. The lowest BCUT2D eigenvalue weighted by Gasteiger charge is -2.30. The fourth-order valence-electron chi connectivity index (χ4n) is 2.66. The number of nitrogens with zero attached hydrogens (tertiary/aromatic N) is 3. The molecule has 1 unspecified atom stereocenters. The van der Waals surface area contributed by atoms with E-state index in [0.29, 0.717) is 32.5 Å². The van der Waals surface area contributed by atoms with E-state index in [-0.39, 0.29) is 18.5 Å². The van der Waals surface area contributed by atoms with E-state index >= 15 is 0 Å². The Morgan fingerprint density at radius 3 is 2.55 bits per heavy atom. The van der Waals surface area contributed by atoms with Crippen molar-refractivity contribution in [3.05, 3.63) is 0 Å². The number of urea groups is 1. The van der Waals surface area contributed by atoms with Crippen LogP contribution in [-0.2, 0) is 4.79 Å². The lowest BCUT2D eigenvalue weighted by atomic mass is 9.76. The van der Waals surface area contributed by atoms with Crippen molar-refractivity contribution in [1.29, 1.82) is 5.26 Å². The molecule has 0 aliphatic carbocycles. The number of amides is 2. The lowest BCUT2D eigenvalue weighted by Crippen LogP contribution is -2.45. The van der Waals surface area contributed by atoms with Gasteiger partial charge in [0.1, 0.15) is 0 Å². The Bertz CT molecular complexity index is 416. The number of carboxylic acids is 1. The maximum atomic E-state index is 12.4. The predicted molar refractivity (Wildman–Crippen MR) is 74.0 cm³/mol. The zero-order chi connectivity index (χ0) is 15.3. The van der Waals surface area contributed by atoms with E-state index in [2.05, 4.69) is 0 Å². The van der Waals surface area contributed by atoms with Gasteiger partial charge in [0.05, 0.1) is 17.9 Å². The van der Waals surface area contributed by atoms with Crippen LogP contribution in [0.25, 0.3) is 0 Å². The standard InChI is InChI=1S/C14H23N3O3/c1-4-16(8-5-7-15)13(20)17-9-6-14(10-17,11(2)3)12(18)19/h11H,4-6,8-10H2,1-3H3,(H,18,19). The third-order valence-electron chi connectivity index (χ3n) is 4.25. The number of carboxylic acid groups (broad SMARTS) is 1. The Kier molecular flexibility index (Phi) is 5.37. The van der Waals surface area contributed by atoms with Gasteiger partial charge in [-0.1, -0.05) is 13.8 Å². The van der Waals surface area contributed by atoms with Crippen molar-refractivity contribution < 1.29 is 14.7 Å². The molecule has 112 valence electrons. The Balaban J connectivity index is 2.78. The van der Waals surface area contributed by atoms with Gasteiger partial charge in [-0.25, -0.2) is 4.79 Å². The van der Waals surface area contributed by atoms with Gasteiger partial charge >= 0.3 is 12.0 Å². The molecule has 0 aromatic heterocycles. The van der Waals surface area contributed by atoms with Crippen LogP contribution in [0.15, 0.2) is 0 Å². The number of likely N-dealkylation sites (tertiary alicyclic amines) is 1. The SMILES string of the molecule is CCN(CCC#N)C(=O)N1CCC(C(=O)O)(C(C)C)C1. The van der Waals surface area contributed by atoms with E-state index in [1.165, 1.54) is 0 Å². The van der Waals surface area contributed by atoms with Gasteiger partial charge < -0.3 is 14.9 Å². The molecule has 1 rings (SSSR count). The fourth-order valence-corrected chi connectivity index (χ4v) is 2.66. The summed E-state index contributed by atoms with van der Waals surface area (Å²) in [6.07, 6.45) is 0.781. The van der Waals surface area contributed by atoms with Crippen molar-refractivity contribution in [1.82, 2.24) is 9.80 Å². The molecule has 1 heterocycles. The molecule has 1 aliphatic heterocycles. The van der Waals surface area contributed by atoms with Crippen LogP contribution in [0.4, 0.5) is 4.79 Å². The summed E-state index contributed by atoms with van der Waals surface area (Å²) in [6.45, 7) is 7.26. The highest BCUT2D eigenvalue weighted by Gasteiger charge is 2.48. The van der Waals surface area contributed by atoms with E-state index in [9.17, 15) is 14.7 Å². The van der Waals surface area contributed by atoms with Gasteiger partial charge in [-0.05, 0) is 19.3 Å². The van der Waals surface area contributed by atoms with Crippen molar-refractivity contribution in [2.45, 2.75) is 33.6 Å². The summed E-state index contributed by atoms with van der Waals surface area (Å²) in [5.74, 6) is -0.852. The molecule has 2 amide bonds. The number of hydrogen-bond donors (Lipinski definition) is 1. The Morgan fingerprint density at radius 2 is 2.15 bits per heavy atom. The summed E-state index contributed by atoms with van der Waals surface area (Å²) in [4.78, 5) is 27.1. The molecule has 0 saturated carbocycles. The maximum absolute atomic E-state index is 12.4. The summed E-state index contributed by atoms with van der Waals surface area (Å²) in [5, 5.41) is 18.1. The van der Waals surface area contributed by atoms with Crippen LogP contribution in [0.3, 0.4) is 0 Å². The number of nitriles is 1. The first-order chi connectivity index (χ1) is 9.39. The first kappa shape index (κ1) is 16.3. The third kappa shape index (κ3) is 3.03. The second-order valence-electron chi connectivity index (χ2n) is 5.56. The smallest absolute Gasteiger partial charge is 0.320 e. The van der Waals surface area contributed by atoms with Crippen molar-refractivity contribution in [3.63, 3.8) is 0 Å². The molecule has 20 heavy (non-hydrogen) atoms. The Hall–Kier alpha value is -1.77. The number of carbonyl (C=O) groups excluding carboxylic acids is 1. The van der Waals surface area contributed by atoms with Crippen LogP contribution in [0.1, 0.15) is 33.6 Å². The second kappa shape index (κ2) is 6.60. The molecular formula is C14H23N3O3. The van der Waals surface area contributed by atoms with Gasteiger partial charge in [-0.15, -0.1) is 0 Å². The molecule has 0 aromatic rings. The molecule has 6 heteroatoms. The maximum Gasteiger partial charge on any atom is 0.320 e. The van der Waals surface area contributed by atoms with Gasteiger partial charge in [-0.2, -0.15) is 5.26 Å². The van der Waals surface area contributed by atoms with Crippen molar-refractivity contribution >= 4 is 12.0 Å². The molecule has 1 fully saturated rings. The van der Waals surface area contributed by atoms with Crippen LogP contribution in [0.2, 0.25) is 0 Å². The van der Waals surface area contributed by atoms with Gasteiger partial charge in [0.25, 0.3) is 0 Å². The summed E-state index contributed by atoms with van der Waals surface area (Å²) >= 11 is 0. The van der Waals surface area contributed by atoms with Crippen molar-refractivity contribution in [3.8, 4) is 6.07 Å². The zero-order valence-electron chi connectivity index (χ0n) is 12.4. The minimum Gasteiger partial charge on any atom is -0.481 e. The summed E-state index contributed by atoms with van der Waals surface area (Å²) in [6, 6.07) is 1.86. The largest absolute Gasteiger partial charge is 0.481 e. The average Bonchev–Trinajstić information content (AvgIpc) is 2.85. The first-order valence-electron chi connectivity index (χ1n) is 7.03. The number of aliphatic carboxylic acids is 1. The normalized spacial score (nSPS) is 21.9. The predicted octanol–water partition coefficient (Wildman–Crippen LogP) is 1.77. The molecule has 1 aliphatic rings. The summed E-state index contributed by atoms with van der Waals surface area (Å²) in [5.41, 5.74) is -0.843. The van der Waals surface area contributed by atoms with E-state index in [1.807, 2.05) is 26.8 Å². The van der Waals surface area contributed by atoms with Crippen LogP contribution in [0, 0.1) is 22.7 Å². The van der Waals surface area contributed by atoms with E-state index in [0.717, 1.165) is 0 Å². The molecule has 0 bridgehead atoms. The molecule has 1 N–H and O–H groups in total. The van der Waals surface area contributed by atoms with Crippen LogP contribution < -0.4 is 0 Å². The molecule has 0 spiro atoms. The monoisotopic (exact) mass is 281 g/mol. The summed E-state index contributed by atoms with van der Waals surface area (Å²) in [7, 11) is 0. The van der Waals surface area contributed by atoms with E-state index < -0.39 is 11.4 Å². The summed E-state index contributed by atoms with van der Waals surface area (Å²) < 4.78 is 0. The molecule has 6 nitrogen and oxygen atoms in total. The van der Waals surface area contributed by atoms with Gasteiger partial charge in [0.2, 0.25) is 0 Å².